The molecule has 1 amide bonds. The van der Waals surface area contributed by atoms with Gasteiger partial charge in [0.1, 0.15) is 12.2 Å². The molecule has 0 saturated heterocycles. The van der Waals surface area contributed by atoms with Crippen LogP contribution in [-0.4, -0.2) is 39.9 Å². The van der Waals surface area contributed by atoms with Crippen LogP contribution in [0.3, 0.4) is 0 Å². The molecule has 1 aliphatic carbocycles. The minimum Gasteiger partial charge on any atom is -0.328 e. The van der Waals surface area contributed by atoms with Gasteiger partial charge in [-0.15, -0.1) is 0 Å². The summed E-state index contributed by atoms with van der Waals surface area (Å²) in [6.07, 6.45) is -1.89. The Morgan fingerprint density at radius 1 is 1.15 bits per heavy atom. The van der Waals surface area contributed by atoms with Crippen LogP contribution in [0.4, 0.5) is 13.2 Å². The summed E-state index contributed by atoms with van der Waals surface area (Å²) in [7, 11) is 0. The summed E-state index contributed by atoms with van der Waals surface area (Å²) in [6, 6.07) is 10.7. The number of carbonyl (C=O) groups is 1. The van der Waals surface area contributed by atoms with Gasteiger partial charge in [-0.2, -0.15) is 23.0 Å². The van der Waals surface area contributed by atoms with Gasteiger partial charge in [-0.25, -0.2) is 0 Å². The van der Waals surface area contributed by atoms with Gasteiger partial charge in [0, 0.05) is 12.6 Å². The zero-order chi connectivity index (χ0) is 18.7. The molecule has 5 nitrogen and oxygen atoms in total. The predicted molar refractivity (Wildman–Crippen MR) is 89.1 cm³/mol. The minimum absolute atomic E-state index is 0.0461. The molecule has 8 heteroatoms. The van der Waals surface area contributed by atoms with Crippen LogP contribution in [0.25, 0.3) is 5.69 Å². The van der Waals surface area contributed by atoms with Gasteiger partial charge in [0.2, 0.25) is 0 Å². The fourth-order valence-corrected chi connectivity index (χ4v) is 2.86. The molecule has 1 saturated carbocycles. The fraction of sp³-hybridized carbons (Fsp3) is 0.389. The molecule has 0 bridgehead atoms. The third kappa shape index (κ3) is 4.30. The lowest BCUT2D eigenvalue weighted by molar-refractivity contribution is -0.142. The number of halogens is 3. The zero-order valence-electron chi connectivity index (χ0n) is 13.9. The van der Waals surface area contributed by atoms with Crippen LogP contribution < -0.4 is 5.56 Å². The molecular formula is C18H18F3N3O2. The molecule has 1 heterocycles. The number of alkyl halides is 3. The van der Waals surface area contributed by atoms with E-state index in [0.29, 0.717) is 5.69 Å². The zero-order valence-corrected chi connectivity index (χ0v) is 13.9. The lowest BCUT2D eigenvalue weighted by atomic mass is 9.85. The first kappa shape index (κ1) is 18.2. The van der Waals surface area contributed by atoms with Crippen molar-refractivity contribution in [2.24, 2.45) is 5.92 Å². The van der Waals surface area contributed by atoms with Crippen LogP contribution in [0.5, 0.6) is 0 Å². The number of rotatable bonds is 5. The van der Waals surface area contributed by atoms with Gasteiger partial charge in [0.15, 0.2) is 0 Å². The van der Waals surface area contributed by atoms with Crippen molar-refractivity contribution in [3.8, 4) is 5.69 Å². The number of hydrogen-bond acceptors (Lipinski definition) is 3. The summed E-state index contributed by atoms with van der Waals surface area (Å²) in [5.74, 6) is -0.736. The van der Waals surface area contributed by atoms with Crippen LogP contribution in [0.15, 0.2) is 47.3 Å². The van der Waals surface area contributed by atoms with Gasteiger partial charge in [0.25, 0.3) is 11.5 Å². The Labute approximate surface area is 148 Å². The first-order valence-electron chi connectivity index (χ1n) is 8.35. The highest BCUT2D eigenvalue weighted by Crippen LogP contribution is 2.29. The molecule has 1 fully saturated rings. The Balaban J connectivity index is 1.89. The second-order valence-corrected chi connectivity index (χ2v) is 6.40. The highest BCUT2D eigenvalue weighted by Gasteiger charge is 2.35. The van der Waals surface area contributed by atoms with Crippen LogP contribution in [0.1, 0.15) is 29.8 Å². The Bertz CT molecular complexity index is 830. The summed E-state index contributed by atoms with van der Waals surface area (Å²) in [5, 5.41) is 3.99. The number of para-hydroxylation sites is 1. The van der Waals surface area contributed by atoms with Gasteiger partial charge in [-0.3, -0.25) is 9.59 Å². The smallest absolute Gasteiger partial charge is 0.328 e. The minimum atomic E-state index is -4.49. The molecule has 1 aliphatic rings. The van der Waals surface area contributed by atoms with Crippen LogP contribution in [0.2, 0.25) is 0 Å². The predicted octanol–water partition coefficient (Wildman–Crippen LogP) is 3.04. The Kier molecular flexibility index (Phi) is 5.11. The Morgan fingerprint density at radius 3 is 2.42 bits per heavy atom. The van der Waals surface area contributed by atoms with Crippen molar-refractivity contribution in [1.82, 2.24) is 14.7 Å². The van der Waals surface area contributed by atoms with E-state index in [-0.39, 0.29) is 18.2 Å². The van der Waals surface area contributed by atoms with E-state index in [1.54, 1.807) is 30.3 Å². The topological polar surface area (TPSA) is 55.2 Å². The van der Waals surface area contributed by atoms with Crippen molar-refractivity contribution in [3.05, 3.63) is 58.5 Å². The average molecular weight is 365 g/mol. The lowest BCUT2D eigenvalue weighted by Gasteiger charge is -2.32. The van der Waals surface area contributed by atoms with Gasteiger partial charge >= 0.3 is 6.18 Å². The molecule has 2 aromatic rings. The fourth-order valence-electron chi connectivity index (χ4n) is 2.86. The molecule has 1 aromatic heterocycles. The van der Waals surface area contributed by atoms with E-state index in [1.807, 2.05) is 0 Å². The largest absolute Gasteiger partial charge is 0.406 e. The van der Waals surface area contributed by atoms with Gasteiger partial charge < -0.3 is 4.90 Å². The second kappa shape index (κ2) is 7.31. The molecule has 3 rings (SSSR count). The Hall–Kier alpha value is -2.64. The molecule has 0 atom stereocenters. The standard InChI is InChI=1S/C18H18F3N3O2/c19-18(20,21)12-23(11-13-5-4-6-13)17(26)15-9-10-16(25)24(22-15)14-7-2-1-3-8-14/h1-3,7-10,13H,4-6,11-12H2. The normalized spacial score (nSPS) is 14.7. The van der Waals surface area contributed by atoms with Crippen LogP contribution in [0, 0.1) is 5.92 Å². The van der Waals surface area contributed by atoms with Crippen molar-refractivity contribution in [3.63, 3.8) is 0 Å². The molecule has 1 aromatic carbocycles. The van der Waals surface area contributed by atoms with E-state index >= 15 is 0 Å². The highest BCUT2D eigenvalue weighted by molar-refractivity contribution is 5.92. The van der Waals surface area contributed by atoms with E-state index in [0.717, 1.165) is 34.9 Å². The quantitative estimate of drug-likeness (QED) is 0.818. The number of amides is 1. The number of carbonyl (C=O) groups excluding carboxylic acids is 1. The first-order valence-corrected chi connectivity index (χ1v) is 8.35. The SMILES string of the molecule is O=C(c1ccc(=O)n(-c2ccccc2)n1)N(CC1CCC1)CC(F)(F)F. The maximum atomic E-state index is 12.9. The first-order chi connectivity index (χ1) is 12.3. The molecule has 0 spiro atoms. The average Bonchev–Trinajstić information content (AvgIpc) is 2.56. The number of aromatic nitrogens is 2. The van der Waals surface area contributed by atoms with E-state index in [1.165, 1.54) is 6.07 Å². The van der Waals surface area contributed by atoms with Gasteiger partial charge in [0.05, 0.1) is 5.69 Å². The Morgan fingerprint density at radius 2 is 1.85 bits per heavy atom. The van der Waals surface area contributed by atoms with E-state index in [2.05, 4.69) is 5.10 Å². The summed E-state index contributed by atoms with van der Waals surface area (Å²) >= 11 is 0. The lowest BCUT2D eigenvalue weighted by Crippen LogP contribution is -2.43. The third-order valence-electron chi connectivity index (χ3n) is 4.38. The molecule has 0 unspecified atom stereocenters. The van der Waals surface area contributed by atoms with Crippen molar-refractivity contribution in [2.75, 3.05) is 13.1 Å². The van der Waals surface area contributed by atoms with E-state index in [9.17, 15) is 22.8 Å². The van der Waals surface area contributed by atoms with E-state index < -0.39 is 24.2 Å². The summed E-state index contributed by atoms with van der Waals surface area (Å²) < 4.78 is 39.7. The summed E-state index contributed by atoms with van der Waals surface area (Å²) in [6.45, 7) is -1.28. The molecular weight excluding hydrogens is 347 g/mol. The van der Waals surface area contributed by atoms with Crippen molar-refractivity contribution >= 4 is 5.91 Å². The monoisotopic (exact) mass is 365 g/mol. The molecule has 0 aliphatic heterocycles. The van der Waals surface area contributed by atoms with E-state index in [4.69, 9.17) is 0 Å². The van der Waals surface area contributed by atoms with Crippen LogP contribution >= 0.6 is 0 Å². The van der Waals surface area contributed by atoms with Crippen LogP contribution in [-0.2, 0) is 0 Å². The summed E-state index contributed by atoms with van der Waals surface area (Å²) in [4.78, 5) is 25.4. The van der Waals surface area contributed by atoms with Gasteiger partial charge in [-0.1, -0.05) is 24.6 Å². The van der Waals surface area contributed by atoms with Crippen molar-refractivity contribution < 1.29 is 18.0 Å². The third-order valence-corrected chi connectivity index (χ3v) is 4.38. The maximum Gasteiger partial charge on any atom is 0.406 e. The molecule has 0 N–H and O–H groups in total. The second-order valence-electron chi connectivity index (χ2n) is 6.40. The number of nitrogens with zero attached hydrogens (tertiary/aromatic N) is 3. The molecule has 138 valence electrons. The molecule has 26 heavy (non-hydrogen) atoms. The number of hydrogen-bond donors (Lipinski definition) is 0. The van der Waals surface area contributed by atoms with Gasteiger partial charge in [-0.05, 0) is 37.0 Å². The highest BCUT2D eigenvalue weighted by atomic mass is 19.4. The van der Waals surface area contributed by atoms with Crippen molar-refractivity contribution in [1.29, 1.82) is 0 Å². The maximum absolute atomic E-state index is 12.9. The number of benzene rings is 1. The van der Waals surface area contributed by atoms with Crippen molar-refractivity contribution in [2.45, 2.75) is 25.4 Å². The summed E-state index contributed by atoms with van der Waals surface area (Å²) in [5.41, 5.74) is -0.209. The molecule has 0 radical (unpaired) electrons.